The molecule has 2 aliphatic rings. The largest absolute Gasteiger partial charge is 0.454 e. The Morgan fingerprint density at radius 1 is 1.14 bits per heavy atom. The van der Waals surface area contributed by atoms with Crippen molar-refractivity contribution in [3.8, 4) is 11.5 Å². The highest BCUT2D eigenvalue weighted by Gasteiger charge is 2.26. The van der Waals surface area contributed by atoms with Gasteiger partial charge >= 0.3 is 5.88 Å². The van der Waals surface area contributed by atoms with Gasteiger partial charge in [-0.3, -0.25) is 19.5 Å². The van der Waals surface area contributed by atoms with Gasteiger partial charge in [0.05, 0.1) is 32.4 Å². The lowest BCUT2D eigenvalue weighted by atomic mass is 10.0. The average molecular weight is 560 g/mol. The van der Waals surface area contributed by atoms with E-state index >= 15 is 0 Å². The molecule has 186 valence electrons. The maximum atomic E-state index is 14.3. The minimum atomic E-state index is -0.667. The Labute approximate surface area is 220 Å². The van der Waals surface area contributed by atoms with Crippen LogP contribution >= 0.6 is 34.5 Å². The van der Waals surface area contributed by atoms with Gasteiger partial charge in [0.1, 0.15) is 16.5 Å². The van der Waals surface area contributed by atoms with Crippen molar-refractivity contribution in [2.45, 2.75) is 6.04 Å². The monoisotopic (exact) mass is 559 g/mol. The molecular weight excluding hydrogens is 548 g/mol. The molecule has 0 N–H and O–H groups in total. The van der Waals surface area contributed by atoms with Gasteiger partial charge in [0, 0.05) is 11.6 Å². The fourth-order valence-corrected chi connectivity index (χ4v) is 5.51. The number of benzene rings is 2. The summed E-state index contributed by atoms with van der Waals surface area (Å²) in [5.41, 5.74) is 0.927. The quantitative estimate of drug-likeness (QED) is 0.204. The predicted molar refractivity (Wildman–Crippen MR) is 133 cm³/mol. The number of nitro groups is 1. The highest BCUT2D eigenvalue weighted by atomic mass is 35.5. The number of aromatic nitrogens is 1. The van der Waals surface area contributed by atoms with Gasteiger partial charge in [0.15, 0.2) is 16.3 Å². The van der Waals surface area contributed by atoms with Crippen LogP contribution in [0.3, 0.4) is 0 Å². The number of thiazole rings is 1. The van der Waals surface area contributed by atoms with Crippen molar-refractivity contribution in [1.29, 1.82) is 0 Å². The third kappa shape index (κ3) is 4.10. The molecule has 37 heavy (non-hydrogen) atoms. The van der Waals surface area contributed by atoms with Gasteiger partial charge in [-0.2, -0.15) is 0 Å². The van der Waals surface area contributed by atoms with E-state index in [0.29, 0.717) is 33.1 Å². The molecule has 4 heterocycles. The van der Waals surface area contributed by atoms with Crippen molar-refractivity contribution in [3.63, 3.8) is 0 Å². The van der Waals surface area contributed by atoms with Crippen LogP contribution in [0.2, 0.25) is 10.0 Å². The number of hydrogen-bond acceptors (Lipinski definition) is 8. The molecule has 0 unspecified atom stereocenters. The van der Waals surface area contributed by atoms with Crippen LogP contribution in [0.4, 0.5) is 10.3 Å². The molecule has 0 saturated heterocycles. The smallest absolute Gasteiger partial charge is 0.433 e. The van der Waals surface area contributed by atoms with Gasteiger partial charge < -0.3 is 13.9 Å². The molecule has 0 bridgehead atoms. The molecule has 9 nitrogen and oxygen atoms in total. The van der Waals surface area contributed by atoms with Crippen LogP contribution < -0.4 is 24.4 Å². The molecule has 4 aromatic rings. The van der Waals surface area contributed by atoms with Gasteiger partial charge in [-0.1, -0.05) is 40.6 Å². The van der Waals surface area contributed by atoms with Crippen molar-refractivity contribution in [2.75, 3.05) is 6.79 Å². The molecule has 2 aliphatic heterocycles. The zero-order valence-electron chi connectivity index (χ0n) is 18.3. The zero-order valence-corrected chi connectivity index (χ0v) is 20.6. The highest BCUT2D eigenvalue weighted by molar-refractivity contribution is 7.07. The number of fused-ring (bicyclic) bond motifs is 2. The standard InChI is InChI=1S/C24H12Cl2FN3O6S/c25-14-8-15(26)16(27)7-13(14)17-9-18(11-1-3-19-20(5-11)35-10-34-19)29-23(31)21(37-24(29)28-17)6-12-2-4-22(36-12)30(32)33/h1-9,18H,10H2/b21-6-/t18-/m1/s1. The van der Waals surface area contributed by atoms with Crippen molar-refractivity contribution < 1.29 is 23.2 Å². The fraction of sp³-hybridized carbons (Fsp3) is 0.0833. The Morgan fingerprint density at radius 2 is 1.95 bits per heavy atom. The van der Waals surface area contributed by atoms with E-state index < -0.39 is 28.2 Å². The second-order valence-corrected chi connectivity index (χ2v) is 9.79. The Balaban J connectivity index is 1.56. The van der Waals surface area contributed by atoms with Crippen LogP contribution in [0.25, 0.3) is 11.8 Å². The molecule has 2 aromatic heterocycles. The SMILES string of the molecule is O=c1/c(=C/c2ccc([N+](=O)[O-])o2)sc2n1[C@@H](c1ccc3c(c1)OCO3)C=C(c1cc(F)c(Cl)cc1Cl)N=2. The third-order valence-electron chi connectivity index (χ3n) is 5.74. The van der Waals surface area contributed by atoms with Crippen molar-refractivity contribution in [2.24, 2.45) is 4.99 Å². The second kappa shape index (κ2) is 8.87. The number of halogens is 3. The first kappa shape index (κ1) is 23.5. The Kier molecular flexibility index (Phi) is 5.63. The molecule has 0 fully saturated rings. The molecule has 0 amide bonds. The summed E-state index contributed by atoms with van der Waals surface area (Å²) in [7, 11) is 0. The lowest BCUT2D eigenvalue weighted by molar-refractivity contribution is -0.402. The zero-order chi connectivity index (χ0) is 25.8. The Hall–Kier alpha value is -3.93. The van der Waals surface area contributed by atoms with E-state index in [1.807, 2.05) is 0 Å². The minimum Gasteiger partial charge on any atom is -0.454 e. The molecule has 0 saturated carbocycles. The van der Waals surface area contributed by atoms with Gasteiger partial charge in [0.2, 0.25) is 6.79 Å². The topological polar surface area (TPSA) is 109 Å². The highest BCUT2D eigenvalue weighted by Crippen LogP contribution is 2.37. The predicted octanol–water partition coefficient (Wildman–Crippen LogP) is 4.68. The van der Waals surface area contributed by atoms with Crippen LogP contribution in [0.15, 0.2) is 62.7 Å². The van der Waals surface area contributed by atoms with E-state index in [4.69, 9.17) is 37.1 Å². The number of rotatable bonds is 4. The first-order valence-electron chi connectivity index (χ1n) is 10.6. The number of allylic oxidation sites excluding steroid dienone is 1. The third-order valence-corrected chi connectivity index (χ3v) is 7.32. The normalized spacial score (nSPS) is 16.4. The van der Waals surface area contributed by atoms with Gasteiger partial charge in [-0.05, 0) is 42.0 Å². The lowest BCUT2D eigenvalue weighted by Gasteiger charge is -2.20. The summed E-state index contributed by atoms with van der Waals surface area (Å²) >= 11 is 13.3. The summed E-state index contributed by atoms with van der Waals surface area (Å²) in [5, 5.41) is 11.0. The molecule has 1 atom stereocenters. The van der Waals surface area contributed by atoms with Crippen LogP contribution in [-0.2, 0) is 0 Å². The summed E-state index contributed by atoms with van der Waals surface area (Å²) < 4.78 is 32.1. The maximum Gasteiger partial charge on any atom is 0.433 e. The number of nitrogens with zero attached hydrogens (tertiary/aromatic N) is 3. The van der Waals surface area contributed by atoms with Crippen LogP contribution in [-0.4, -0.2) is 16.3 Å². The van der Waals surface area contributed by atoms with Gasteiger partial charge in [-0.15, -0.1) is 0 Å². The Morgan fingerprint density at radius 3 is 2.73 bits per heavy atom. The average Bonchev–Trinajstić information content (AvgIpc) is 3.60. The fourth-order valence-electron chi connectivity index (χ4n) is 4.03. The summed E-state index contributed by atoms with van der Waals surface area (Å²) in [6.07, 6.45) is 3.10. The van der Waals surface area contributed by atoms with E-state index in [0.717, 1.165) is 11.3 Å². The summed E-state index contributed by atoms with van der Waals surface area (Å²) in [5.74, 6) is 0.115. The maximum absolute atomic E-state index is 14.3. The molecular formula is C24H12Cl2FN3O6S. The van der Waals surface area contributed by atoms with Crippen molar-refractivity contribution in [3.05, 3.63) is 111 Å². The number of hydrogen-bond donors (Lipinski definition) is 0. The molecule has 2 aromatic carbocycles. The number of furan rings is 1. The van der Waals surface area contributed by atoms with E-state index in [2.05, 4.69) is 4.99 Å². The summed E-state index contributed by atoms with van der Waals surface area (Å²) in [4.78, 5) is 28.7. The second-order valence-electron chi connectivity index (χ2n) is 7.97. The summed E-state index contributed by atoms with van der Waals surface area (Å²) in [6.45, 7) is 0.0809. The van der Waals surface area contributed by atoms with Crippen LogP contribution in [0.5, 0.6) is 11.5 Å². The molecule has 13 heteroatoms. The van der Waals surface area contributed by atoms with Gasteiger partial charge in [-0.25, -0.2) is 9.38 Å². The van der Waals surface area contributed by atoms with Crippen LogP contribution in [0.1, 0.15) is 22.9 Å². The van der Waals surface area contributed by atoms with Gasteiger partial charge in [0.25, 0.3) is 5.56 Å². The first-order valence-corrected chi connectivity index (χ1v) is 12.2. The van der Waals surface area contributed by atoms with E-state index in [1.54, 1.807) is 24.3 Å². The Bertz CT molecular complexity index is 1830. The van der Waals surface area contributed by atoms with E-state index in [9.17, 15) is 19.3 Å². The van der Waals surface area contributed by atoms with Crippen molar-refractivity contribution in [1.82, 2.24) is 4.57 Å². The number of ether oxygens (including phenoxy) is 2. The molecule has 0 aliphatic carbocycles. The first-order chi connectivity index (χ1) is 17.8. The molecule has 0 radical (unpaired) electrons. The van der Waals surface area contributed by atoms with Crippen molar-refractivity contribution >= 4 is 52.2 Å². The van der Waals surface area contributed by atoms with Crippen LogP contribution in [0, 0.1) is 15.9 Å². The van der Waals surface area contributed by atoms with E-state index in [-0.39, 0.29) is 27.1 Å². The minimum absolute atomic E-state index is 0.0809. The van der Waals surface area contributed by atoms with E-state index in [1.165, 1.54) is 34.9 Å². The molecule has 0 spiro atoms. The lowest BCUT2D eigenvalue weighted by Crippen LogP contribution is -2.36. The molecule has 6 rings (SSSR count). The summed E-state index contributed by atoms with van der Waals surface area (Å²) in [6, 6.07) is 9.69.